The number of carbonyl (C=O) groups excluding carboxylic acids is 4. The van der Waals surface area contributed by atoms with Crippen molar-refractivity contribution in [1.29, 1.82) is 0 Å². The number of para-hydroxylation sites is 1. The fourth-order valence-electron chi connectivity index (χ4n) is 4.80. The minimum atomic E-state index is -0.632. The average Bonchev–Trinajstić information content (AvgIpc) is 3.31. The smallest absolute Gasteiger partial charge is 0.331 e. The van der Waals surface area contributed by atoms with Crippen molar-refractivity contribution >= 4 is 62.9 Å². The third-order valence-electron chi connectivity index (χ3n) is 6.58. The van der Waals surface area contributed by atoms with Gasteiger partial charge >= 0.3 is 11.9 Å². The summed E-state index contributed by atoms with van der Waals surface area (Å²) in [5.74, 6) is -1.84. The van der Waals surface area contributed by atoms with Crippen LogP contribution in [0.15, 0.2) is 95.4 Å². The van der Waals surface area contributed by atoms with E-state index in [2.05, 4.69) is 22.9 Å². The van der Waals surface area contributed by atoms with Gasteiger partial charge in [-0.2, -0.15) is 5.06 Å². The van der Waals surface area contributed by atoms with Crippen molar-refractivity contribution in [2.24, 2.45) is 5.16 Å². The number of benzene rings is 3. The molecule has 0 aliphatic carbocycles. The highest BCUT2D eigenvalue weighted by atomic mass is 32.2. The Morgan fingerprint density at radius 1 is 0.930 bits per heavy atom. The quantitative estimate of drug-likeness (QED) is 0.0656. The Hall–Kier alpha value is -4.96. The Morgan fingerprint density at radius 3 is 2.21 bits per heavy atom. The standard InChI is InChI=1S/C33H31N3O6S/c1-7-43-21(3)33(40)25-12-15-27(16-13-25)35-31-11-9-8-10-28(31)29-19-26(14-17-32(29)35)30(34-41-23(5)38)18-20(2)36(22(4)37)42-24(6)39/h7-17,19-20H,1,3,18H2,2,4-6H3/b34-30+. The molecule has 4 rings (SSSR count). The van der Waals surface area contributed by atoms with Gasteiger partial charge < -0.3 is 14.2 Å². The lowest BCUT2D eigenvalue weighted by atomic mass is 10.0. The number of ketones is 1. The highest BCUT2D eigenvalue weighted by Crippen LogP contribution is 2.33. The lowest BCUT2D eigenvalue weighted by molar-refractivity contribution is -0.202. The first kappa shape index (κ1) is 31.0. The van der Waals surface area contributed by atoms with E-state index < -0.39 is 23.9 Å². The number of fused-ring (bicyclic) bond motifs is 3. The first-order valence-electron chi connectivity index (χ1n) is 13.4. The van der Waals surface area contributed by atoms with Gasteiger partial charge in [-0.25, -0.2) is 4.79 Å². The lowest BCUT2D eigenvalue weighted by Gasteiger charge is -2.26. The predicted octanol–water partition coefficient (Wildman–Crippen LogP) is 6.73. The number of carbonyl (C=O) groups is 4. The minimum Gasteiger partial charge on any atom is -0.338 e. The number of hydrogen-bond acceptors (Lipinski definition) is 8. The molecular formula is C33H31N3O6S. The van der Waals surface area contributed by atoms with Gasteiger partial charge in [-0.1, -0.05) is 54.3 Å². The molecule has 3 aromatic carbocycles. The molecule has 220 valence electrons. The highest BCUT2D eigenvalue weighted by molar-refractivity contribution is 8.06. The Labute approximate surface area is 253 Å². The number of thioether (sulfide) groups is 1. The summed E-state index contributed by atoms with van der Waals surface area (Å²) in [6, 6.07) is 20.4. The van der Waals surface area contributed by atoms with E-state index in [4.69, 9.17) is 9.68 Å². The van der Waals surface area contributed by atoms with Crippen LogP contribution in [-0.2, 0) is 24.1 Å². The normalized spacial score (nSPS) is 12.0. The molecule has 43 heavy (non-hydrogen) atoms. The van der Waals surface area contributed by atoms with E-state index in [1.807, 2.05) is 54.6 Å². The van der Waals surface area contributed by atoms with Crippen molar-refractivity contribution in [2.75, 3.05) is 0 Å². The molecule has 1 aromatic heterocycles. The van der Waals surface area contributed by atoms with Gasteiger partial charge in [0, 0.05) is 54.8 Å². The summed E-state index contributed by atoms with van der Waals surface area (Å²) in [6.07, 6.45) is 0.134. The van der Waals surface area contributed by atoms with E-state index >= 15 is 0 Å². The minimum absolute atomic E-state index is 0.134. The maximum Gasteiger partial charge on any atom is 0.331 e. The van der Waals surface area contributed by atoms with Crippen molar-refractivity contribution < 1.29 is 28.9 Å². The fourth-order valence-corrected chi connectivity index (χ4v) is 5.23. The first-order chi connectivity index (χ1) is 20.5. The van der Waals surface area contributed by atoms with Crippen LogP contribution < -0.4 is 0 Å². The van der Waals surface area contributed by atoms with Gasteiger partial charge in [0.25, 0.3) is 5.91 Å². The molecule has 0 saturated heterocycles. The SMILES string of the molecule is C=CSC(=C)C(=O)c1ccc(-n2c3ccccc3c3cc(/C(CC(C)N(OC(C)=O)C(C)=O)=N/OC(C)=O)ccc32)cc1. The molecule has 4 aromatic rings. The van der Waals surface area contributed by atoms with E-state index in [1.165, 1.54) is 32.5 Å². The van der Waals surface area contributed by atoms with Crippen molar-refractivity contribution in [3.63, 3.8) is 0 Å². The maximum absolute atomic E-state index is 12.7. The highest BCUT2D eigenvalue weighted by Gasteiger charge is 2.24. The molecule has 9 nitrogen and oxygen atoms in total. The lowest BCUT2D eigenvalue weighted by Crippen LogP contribution is -2.39. The molecule has 1 atom stereocenters. The molecule has 0 fully saturated rings. The zero-order chi connectivity index (χ0) is 31.3. The number of rotatable bonds is 10. The van der Waals surface area contributed by atoms with Crippen LogP contribution in [0.5, 0.6) is 0 Å². The second kappa shape index (κ2) is 13.3. The van der Waals surface area contributed by atoms with Gasteiger partial charge in [0.15, 0.2) is 5.78 Å². The molecule has 0 aliphatic heterocycles. The Morgan fingerprint density at radius 2 is 1.58 bits per heavy atom. The number of hydroxylamine groups is 2. The van der Waals surface area contributed by atoms with Crippen LogP contribution in [-0.4, -0.2) is 45.0 Å². The summed E-state index contributed by atoms with van der Waals surface area (Å²) < 4.78 is 2.10. The summed E-state index contributed by atoms with van der Waals surface area (Å²) in [4.78, 5) is 58.6. The molecule has 0 aliphatic rings. The molecule has 0 spiro atoms. The third kappa shape index (κ3) is 6.92. The van der Waals surface area contributed by atoms with E-state index in [9.17, 15) is 19.2 Å². The predicted molar refractivity (Wildman–Crippen MR) is 169 cm³/mol. The van der Waals surface area contributed by atoms with Crippen molar-refractivity contribution in [2.45, 2.75) is 40.2 Å². The number of Topliss-reactive ketones (excluding diaryl/α,β-unsaturated/α-hetero) is 1. The number of allylic oxidation sites excluding steroid dienone is 1. The van der Waals surface area contributed by atoms with Gasteiger partial charge in [0.2, 0.25) is 0 Å². The summed E-state index contributed by atoms with van der Waals surface area (Å²) in [5, 5.41) is 8.53. The molecule has 0 radical (unpaired) electrons. The van der Waals surface area contributed by atoms with Gasteiger partial charge in [-0.3, -0.25) is 14.4 Å². The van der Waals surface area contributed by atoms with Gasteiger partial charge in [-0.05, 0) is 54.8 Å². The molecule has 0 bridgehead atoms. The van der Waals surface area contributed by atoms with Gasteiger partial charge in [0.1, 0.15) is 0 Å². The third-order valence-corrected chi connectivity index (χ3v) is 7.22. The molecule has 10 heteroatoms. The van der Waals surface area contributed by atoms with Crippen LogP contribution in [0, 0.1) is 0 Å². The van der Waals surface area contributed by atoms with E-state index in [0.29, 0.717) is 21.7 Å². The molecular weight excluding hydrogens is 566 g/mol. The van der Waals surface area contributed by atoms with Gasteiger partial charge in [-0.15, -0.1) is 0 Å². The van der Waals surface area contributed by atoms with Crippen LogP contribution in [0.3, 0.4) is 0 Å². The zero-order valence-corrected chi connectivity index (χ0v) is 25.1. The first-order valence-corrected chi connectivity index (χ1v) is 14.3. The Balaban J connectivity index is 1.79. The molecule has 0 N–H and O–H groups in total. The van der Waals surface area contributed by atoms with Crippen molar-refractivity contribution in [3.8, 4) is 5.69 Å². The summed E-state index contributed by atoms with van der Waals surface area (Å²) in [6.45, 7) is 12.9. The Bertz CT molecular complexity index is 1790. The number of hydrogen-bond donors (Lipinski definition) is 0. The second-order valence-electron chi connectivity index (χ2n) is 9.77. The van der Waals surface area contributed by atoms with E-state index in [1.54, 1.807) is 24.5 Å². The number of oxime groups is 1. The van der Waals surface area contributed by atoms with E-state index in [-0.39, 0.29) is 12.2 Å². The number of amides is 1. The molecule has 0 saturated carbocycles. The summed E-state index contributed by atoms with van der Waals surface area (Å²) in [5.41, 5.74) is 4.29. The molecule has 1 amide bonds. The topological polar surface area (TPSA) is 107 Å². The average molecular weight is 598 g/mol. The largest absolute Gasteiger partial charge is 0.338 e. The van der Waals surface area contributed by atoms with Crippen molar-refractivity contribution in [3.05, 3.63) is 101 Å². The van der Waals surface area contributed by atoms with Crippen LogP contribution in [0.2, 0.25) is 0 Å². The monoisotopic (exact) mass is 597 g/mol. The van der Waals surface area contributed by atoms with Crippen molar-refractivity contribution in [1.82, 2.24) is 9.63 Å². The maximum atomic E-state index is 12.7. The van der Waals surface area contributed by atoms with Crippen LogP contribution in [0.1, 0.15) is 50.0 Å². The number of aromatic nitrogens is 1. The zero-order valence-electron chi connectivity index (χ0n) is 24.3. The van der Waals surface area contributed by atoms with Crippen LogP contribution >= 0.6 is 11.8 Å². The van der Waals surface area contributed by atoms with Crippen LogP contribution in [0.4, 0.5) is 0 Å². The fraction of sp³-hybridized carbons (Fsp3) is 0.182. The van der Waals surface area contributed by atoms with Crippen LogP contribution in [0.25, 0.3) is 27.5 Å². The number of nitrogens with zero attached hydrogens (tertiary/aromatic N) is 3. The van der Waals surface area contributed by atoms with Gasteiger partial charge in [0.05, 0.1) is 27.7 Å². The van der Waals surface area contributed by atoms with E-state index in [0.717, 1.165) is 32.6 Å². The molecule has 1 heterocycles. The summed E-state index contributed by atoms with van der Waals surface area (Å²) in [7, 11) is 0. The molecule has 1 unspecified atom stereocenters. The summed E-state index contributed by atoms with van der Waals surface area (Å²) >= 11 is 1.19. The Kier molecular flexibility index (Phi) is 9.62. The second-order valence-corrected chi connectivity index (χ2v) is 10.8.